The van der Waals surface area contributed by atoms with Crippen LogP contribution in [0.1, 0.15) is 38.3 Å². The number of aryl methyl sites for hydroxylation is 1. The molecule has 34 heavy (non-hydrogen) atoms. The Balaban J connectivity index is 2.48. The topological polar surface area (TPSA) is 90.0 Å². The van der Waals surface area contributed by atoms with Crippen LogP contribution < -0.4 is 9.62 Å². The lowest BCUT2D eigenvalue weighted by molar-refractivity contribution is -0.140. The number of benzene rings is 2. The first-order chi connectivity index (χ1) is 16.0. The van der Waals surface area contributed by atoms with Crippen molar-refractivity contribution in [3.8, 4) is 0 Å². The Morgan fingerprint density at radius 1 is 1.00 bits per heavy atom. The number of rotatable bonds is 11. The largest absolute Gasteiger partial charge is 0.352 e. The summed E-state index contributed by atoms with van der Waals surface area (Å²) in [5, 5.41) is 2.89. The van der Waals surface area contributed by atoms with Crippen molar-refractivity contribution in [3.63, 3.8) is 0 Å². The van der Waals surface area contributed by atoms with Crippen LogP contribution >= 0.6 is 0 Å². The molecule has 0 heterocycles. The van der Waals surface area contributed by atoms with Gasteiger partial charge in [0, 0.05) is 26.7 Å². The molecule has 0 fully saturated rings. The average Bonchev–Trinajstić information content (AvgIpc) is 2.77. The fourth-order valence-electron chi connectivity index (χ4n) is 3.62. The van der Waals surface area contributed by atoms with Crippen LogP contribution in [-0.2, 0) is 26.3 Å². The van der Waals surface area contributed by atoms with Gasteiger partial charge in [-0.1, -0.05) is 55.0 Å². The lowest BCUT2D eigenvalue weighted by Crippen LogP contribution is -2.54. The van der Waals surface area contributed by atoms with E-state index in [1.165, 1.54) is 19.0 Å². The molecule has 0 saturated carbocycles. The van der Waals surface area contributed by atoms with Crippen LogP contribution in [0.2, 0.25) is 0 Å². The van der Waals surface area contributed by atoms with Gasteiger partial charge in [-0.05, 0) is 44.9 Å². The molecular formula is C25H36N4O4S. The number of hydrogen-bond acceptors (Lipinski definition) is 4. The number of amides is 2. The fraction of sp³-hybridized carbons (Fsp3) is 0.440. The Hall–Kier alpha value is -2.91. The first kappa shape index (κ1) is 27.3. The van der Waals surface area contributed by atoms with Crippen LogP contribution in [0, 0.1) is 6.92 Å². The zero-order valence-corrected chi connectivity index (χ0v) is 21.7. The number of carbonyl (C=O) groups is 2. The van der Waals surface area contributed by atoms with Gasteiger partial charge in [0.25, 0.3) is 0 Å². The summed E-state index contributed by atoms with van der Waals surface area (Å²) in [5.74, 6) is -0.721. The van der Waals surface area contributed by atoms with Crippen molar-refractivity contribution in [1.29, 1.82) is 0 Å². The molecule has 1 N–H and O–H groups in total. The molecule has 0 radical (unpaired) electrons. The van der Waals surface area contributed by atoms with E-state index in [4.69, 9.17) is 0 Å². The minimum absolute atomic E-state index is 0.0904. The van der Waals surface area contributed by atoms with E-state index in [2.05, 4.69) is 5.32 Å². The zero-order valence-electron chi connectivity index (χ0n) is 20.9. The normalized spacial score (nSPS) is 12.5. The molecule has 0 bridgehead atoms. The highest BCUT2D eigenvalue weighted by molar-refractivity contribution is 7.90. The van der Waals surface area contributed by atoms with Crippen molar-refractivity contribution >= 4 is 27.7 Å². The van der Waals surface area contributed by atoms with E-state index >= 15 is 0 Å². The third-order valence-electron chi connectivity index (χ3n) is 5.32. The minimum Gasteiger partial charge on any atom is -0.352 e. The number of anilines is 1. The summed E-state index contributed by atoms with van der Waals surface area (Å²) < 4.78 is 28.4. The molecule has 0 aliphatic rings. The van der Waals surface area contributed by atoms with E-state index in [1.54, 1.807) is 30.3 Å². The average molecular weight is 489 g/mol. The molecular weight excluding hydrogens is 452 g/mol. The SMILES string of the molecule is CCC(C(=O)NC(C)C)N(Cc1cccc(C)c1)C(=O)CN(c1ccccc1)S(=O)(=O)N(C)C. The molecule has 0 saturated heterocycles. The first-order valence-corrected chi connectivity index (χ1v) is 12.8. The molecule has 2 aromatic rings. The van der Waals surface area contributed by atoms with Gasteiger partial charge in [0.2, 0.25) is 11.8 Å². The monoisotopic (exact) mass is 488 g/mol. The van der Waals surface area contributed by atoms with E-state index in [-0.39, 0.29) is 18.5 Å². The second-order valence-corrected chi connectivity index (χ2v) is 10.8. The smallest absolute Gasteiger partial charge is 0.304 e. The third-order valence-corrected chi connectivity index (χ3v) is 7.14. The molecule has 9 heteroatoms. The Bertz CT molecular complexity index is 1070. The first-order valence-electron chi connectivity index (χ1n) is 11.4. The number of para-hydroxylation sites is 1. The molecule has 8 nitrogen and oxygen atoms in total. The Morgan fingerprint density at radius 3 is 2.18 bits per heavy atom. The Labute approximate surface area is 203 Å². The molecule has 2 aromatic carbocycles. The van der Waals surface area contributed by atoms with Crippen molar-refractivity contribution in [2.45, 2.75) is 52.7 Å². The summed E-state index contributed by atoms with van der Waals surface area (Å²) in [6.07, 6.45) is 0.391. The minimum atomic E-state index is -3.95. The molecule has 1 atom stereocenters. The van der Waals surface area contributed by atoms with Crippen LogP contribution in [0.25, 0.3) is 0 Å². The van der Waals surface area contributed by atoms with Crippen LogP contribution in [0.5, 0.6) is 0 Å². The molecule has 186 valence electrons. The summed E-state index contributed by atoms with van der Waals surface area (Å²) in [6.45, 7) is 7.28. The Morgan fingerprint density at radius 2 is 1.65 bits per heavy atom. The summed E-state index contributed by atoms with van der Waals surface area (Å²) in [6, 6.07) is 15.4. The maximum Gasteiger partial charge on any atom is 0.304 e. The van der Waals surface area contributed by atoms with E-state index < -0.39 is 28.7 Å². The lowest BCUT2D eigenvalue weighted by Gasteiger charge is -2.34. The van der Waals surface area contributed by atoms with E-state index in [0.29, 0.717) is 12.1 Å². The second kappa shape index (κ2) is 12.0. The van der Waals surface area contributed by atoms with Gasteiger partial charge in [-0.25, -0.2) is 4.31 Å². The maximum atomic E-state index is 13.7. The molecule has 0 spiro atoms. The summed E-state index contributed by atoms with van der Waals surface area (Å²) in [4.78, 5) is 28.2. The van der Waals surface area contributed by atoms with Crippen LogP contribution in [-0.4, -0.2) is 62.2 Å². The number of nitrogens with one attached hydrogen (secondary N) is 1. The van der Waals surface area contributed by atoms with Crippen molar-refractivity contribution < 1.29 is 18.0 Å². The van der Waals surface area contributed by atoms with Gasteiger partial charge < -0.3 is 10.2 Å². The van der Waals surface area contributed by atoms with E-state index in [0.717, 1.165) is 19.7 Å². The fourth-order valence-corrected chi connectivity index (χ4v) is 4.67. The predicted molar refractivity (Wildman–Crippen MR) is 135 cm³/mol. The van der Waals surface area contributed by atoms with Crippen LogP contribution in [0.15, 0.2) is 54.6 Å². The molecule has 1 unspecified atom stereocenters. The van der Waals surface area contributed by atoms with Gasteiger partial charge in [0.05, 0.1) is 5.69 Å². The molecule has 0 aromatic heterocycles. The van der Waals surface area contributed by atoms with E-state index in [1.807, 2.05) is 52.0 Å². The summed E-state index contributed by atoms with van der Waals surface area (Å²) in [5.41, 5.74) is 2.27. The van der Waals surface area contributed by atoms with Crippen molar-refractivity contribution in [3.05, 3.63) is 65.7 Å². The van der Waals surface area contributed by atoms with E-state index in [9.17, 15) is 18.0 Å². The number of hydrogen-bond donors (Lipinski definition) is 1. The third kappa shape index (κ3) is 7.04. The number of carbonyl (C=O) groups excluding carboxylic acids is 2. The van der Waals surface area contributed by atoms with Gasteiger partial charge >= 0.3 is 10.2 Å². The van der Waals surface area contributed by atoms with Gasteiger partial charge in [-0.15, -0.1) is 0 Å². The van der Waals surface area contributed by atoms with Crippen molar-refractivity contribution in [2.75, 3.05) is 24.9 Å². The molecule has 2 amide bonds. The highest BCUT2D eigenvalue weighted by Gasteiger charge is 2.33. The van der Waals surface area contributed by atoms with Crippen LogP contribution in [0.3, 0.4) is 0 Å². The van der Waals surface area contributed by atoms with Crippen molar-refractivity contribution in [1.82, 2.24) is 14.5 Å². The summed E-state index contributed by atoms with van der Waals surface area (Å²) >= 11 is 0. The maximum absolute atomic E-state index is 13.7. The van der Waals surface area contributed by atoms with Gasteiger partial charge in [0.15, 0.2) is 0 Å². The quantitative estimate of drug-likeness (QED) is 0.527. The van der Waals surface area contributed by atoms with Gasteiger partial charge in [0.1, 0.15) is 12.6 Å². The zero-order chi connectivity index (χ0) is 25.5. The Kier molecular flexibility index (Phi) is 9.64. The predicted octanol–water partition coefficient (Wildman–Crippen LogP) is 2.94. The van der Waals surface area contributed by atoms with Gasteiger partial charge in [-0.2, -0.15) is 12.7 Å². The highest BCUT2D eigenvalue weighted by atomic mass is 32.2. The standard InChI is InChI=1S/C25H36N4O4S/c1-7-23(25(31)26-19(2)3)28(17-21-13-11-12-20(4)16-21)24(30)18-29(34(32,33)27(5)6)22-14-9-8-10-15-22/h8-16,19,23H,7,17-18H2,1-6H3,(H,26,31). The second-order valence-electron chi connectivity index (χ2n) is 8.73. The molecule has 2 rings (SSSR count). The summed E-state index contributed by atoms with van der Waals surface area (Å²) in [7, 11) is -1.11. The van der Waals surface area contributed by atoms with Crippen LogP contribution in [0.4, 0.5) is 5.69 Å². The molecule has 0 aliphatic carbocycles. The lowest BCUT2D eigenvalue weighted by atomic mass is 10.1. The van der Waals surface area contributed by atoms with Gasteiger partial charge in [-0.3, -0.25) is 9.59 Å². The van der Waals surface area contributed by atoms with Crippen molar-refractivity contribution in [2.24, 2.45) is 0 Å². The molecule has 0 aliphatic heterocycles. The highest BCUT2D eigenvalue weighted by Crippen LogP contribution is 2.21. The number of nitrogens with zero attached hydrogens (tertiary/aromatic N) is 3.